The lowest BCUT2D eigenvalue weighted by atomic mass is 10.1. The van der Waals surface area contributed by atoms with E-state index in [9.17, 15) is 9.59 Å². The van der Waals surface area contributed by atoms with Crippen LogP contribution < -0.4 is 5.32 Å². The lowest BCUT2D eigenvalue weighted by molar-refractivity contribution is -0.130. The Morgan fingerprint density at radius 3 is 2.26 bits per heavy atom. The van der Waals surface area contributed by atoms with Gasteiger partial charge in [0.25, 0.3) is 0 Å². The van der Waals surface area contributed by atoms with Crippen molar-refractivity contribution in [2.24, 2.45) is 0 Å². The second-order valence-electron chi connectivity index (χ2n) is 8.79. The summed E-state index contributed by atoms with van der Waals surface area (Å²) in [4.78, 5) is 28.5. The molecule has 9 nitrogen and oxygen atoms in total. The van der Waals surface area contributed by atoms with E-state index < -0.39 is 0 Å². The van der Waals surface area contributed by atoms with Crippen LogP contribution in [0.4, 0.5) is 0 Å². The van der Waals surface area contributed by atoms with Gasteiger partial charge in [0.2, 0.25) is 17.0 Å². The summed E-state index contributed by atoms with van der Waals surface area (Å²) in [7, 11) is 0. The summed E-state index contributed by atoms with van der Waals surface area (Å²) < 4.78 is 1.73. The molecule has 0 unspecified atom stereocenters. The molecule has 1 saturated heterocycles. The molecule has 2 rings (SSSR count). The van der Waals surface area contributed by atoms with E-state index in [1.165, 1.54) is 11.8 Å². The summed E-state index contributed by atoms with van der Waals surface area (Å²) in [6.45, 7) is 15.0. The van der Waals surface area contributed by atoms with Crippen molar-refractivity contribution in [3.63, 3.8) is 0 Å². The first-order valence-electron chi connectivity index (χ1n) is 9.18. The Bertz CT molecular complexity index is 655. The average molecular weight is 398 g/mol. The Morgan fingerprint density at radius 1 is 1.07 bits per heavy atom. The smallest absolute Gasteiger partial charge is 0.234 e. The molecule has 0 bridgehead atoms. The predicted molar refractivity (Wildman–Crippen MR) is 104 cm³/mol. The van der Waals surface area contributed by atoms with E-state index in [1.807, 2.05) is 46.4 Å². The van der Waals surface area contributed by atoms with Crippen LogP contribution in [-0.2, 0) is 15.1 Å². The maximum Gasteiger partial charge on any atom is 0.234 e. The number of amides is 2. The standard InChI is InChI=1S/C17H31N7O2S/c1-16(2,3)18-13(25)11-22-7-9-23(10-8-22)14(26)12-27-15-19-20-21-24(15)17(4,5)6/h7-12H2,1-6H3,(H,18,25). The summed E-state index contributed by atoms with van der Waals surface area (Å²) in [5.41, 5.74) is -0.456. The fourth-order valence-electron chi connectivity index (χ4n) is 2.72. The molecule has 1 fully saturated rings. The zero-order valence-electron chi connectivity index (χ0n) is 17.2. The first kappa shape index (κ1) is 21.6. The molecule has 0 aromatic carbocycles. The normalized spacial score (nSPS) is 16.4. The zero-order chi connectivity index (χ0) is 20.2. The van der Waals surface area contributed by atoms with Gasteiger partial charge in [0.05, 0.1) is 17.8 Å². The van der Waals surface area contributed by atoms with Gasteiger partial charge in [0, 0.05) is 31.7 Å². The van der Waals surface area contributed by atoms with Crippen molar-refractivity contribution in [2.45, 2.75) is 57.8 Å². The Morgan fingerprint density at radius 2 is 1.70 bits per heavy atom. The van der Waals surface area contributed by atoms with Gasteiger partial charge in [-0.25, -0.2) is 4.68 Å². The molecule has 1 aromatic rings. The van der Waals surface area contributed by atoms with Crippen LogP contribution in [0.3, 0.4) is 0 Å². The van der Waals surface area contributed by atoms with Crippen LogP contribution in [0.15, 0.2) is 5.16 Å². The second kappa shape index (κ2) is 8.55. The first-order chi connectivity index (χ1) is 12.5. The third kappa shape index (κ3) is 6.76. The molecule has 10 heteroatoms. The Kier molecular flexibility index (Phi) is 6.85. The minimum absolute atomic E-state index is 0.0202. The number of thioether (sulfide) groups is 1. The molecule has 0 spiro atoms. The van der Waals surface area contributed by atoms with Gasteiger partial charge in [-0.1, -0.05) is 11.8 Å². The van der Waals surface area contributed by atoms with Crippen molar-refractivity contribution in [1.29, 1.82) is 0 Å². The molecule has 0 aliphatic carbocycles. The van der Waals surface area contributed by atoms with Gasteiger partial charge in [-0.15, -0.1) is 5.10 Å². The van der Waals surface area contributed by atoms with Crippen molar-refractivity contribution in [3.8, 4) is 0 Å². The monoisotopic (exact) mass is 397 g/mol. The van der Waals surface area contributed by atoms with Gasteiger partial charge >= 0.3 is 0 Å². The molecule has 0 radical (unpaired) electrons. The third-order valence-corrected chi connectivity index (χ3v) is 4.91. The number of tetrazole rings is 1. The summed E-state index contributed by atoms with van der Waals surface area (Å²) >= 11 is 1.36. The van der Waals surface area contributed by atoms with E-state index in [0.717, 1.165) is 0 Å². The highest BCUT2D eigenvalue weighted by atomic mass is 32.2. The van der Waals surface area contributed by atoms with Gasteiger partial charge < -0.3 is 10.2 Å². The van der Waals surface area contributed by atoms with Gasteiger partial charge in [0.15, 0.2) is 0 Å². The highest BCUT2D eigenvalue weighted by molar-refractivity contribution is 7.99. The molecule has 2 amide bonds. The number of carbonyl (C=O) groups excluding carboxylic acids is 2. The molecule has 2 heterocycles. The lowest BCUT2D eigenvalue weighted by Crippen LogP contribution is -2.53. The number of nitrogens with zero attached hydrogens (tertiary/aromatic N) is 6. The second-order valence-corrected chi connectivity index (χ2v) is 9.73. The number of carbonyl (C=O) groups is 2. The highest BCUT2D eigenvalue weighted by Crippen LogP contribution is 2.21. The van der Waals surface area contributed by atoms with Gasteiger partial charge in [-0.2, -0.15) is 0 Å². The number of nitrogens with one attached hydrogen (secondary N) is 1. The number of hydrogen-bond donors (Lipinski definition) is 1. The summed E-state index contributed by atoms with van der Waals surface area (Å²) in [5, 5.41) is 15.4. The number of hydrogen-bond acceptors (Lipinski definition) is 7. The van der Waals surface area contributed by atoms with Crippen LogP contribution in [0, 0.1) is 0 Å². The number of piperazine rings is 1. The molecule has 1 N–H and O–H groups in total. The number of aromatic nitrogens is 4. The minimum atomic E-state index is -0.228. The van der Waals surface area contributed by atoms with Crippen LogP contribution in [0.1, 0.15) is 41.5 Å². The van der Waals surface area contributed by atoms with Crippen LogP contribution >= 0.6 is 11.8 Å². The summed E-state index contributed by atoms with van der Waals surface area (Å²) in [6.07, 6.45) is 0. The van der Waals surface area contributed by atoms with Gasteiger partial charge in [-0.3, -0.25) is 14.5 Å². The van der Waals surface area contributed by atoms with Crippen molar-refractivity contribution in [2.75, 3.05) is 38.5 Å². The Labute approximate surface area is 165 Å². The fourth-order valence-corrected chi connectivity index (χ4v) is 3.69. The van der Waals surface area contributed by atoms with Crippen molar-refractivity contribution in [1.82, 2.24) is 35.3 Å². The summed E-state index contributed by atoms with van der Waals surface area (Å²) in [5.74, 6) is 0.398. The molecule has 1 aromatic heterocycles. The lowest BCUT2D eigenvalue weighted by Gasteiger charge is -2.34. The maximum absolute atomic E-state index is 12.5. The minimum Gasteiger partial charge on any atom is -0.350 e. The van der Waals surface area contributed by atoms with E-state index in [4.69, 9.17) is 0 Å². The van der Waals surface area contributed by atoms with E-state index >= 15 is 0 Å². The number of rotatable bonds is 5. The predicted octanol–water partition coefficient (Wildman–Crippen LogP) is 0.579. The Hall–Kier alpha value is -1.68. The Balaban J connectivity index is 1.77. The fraction of sp³-hybridized carbons (Fsp3) is 0.824. The first-order valence-corrected chi connectivity index (χ1v) is 10.2. The van der Waals surface area contributed by atoms with Crippen molar-refractivity contribution < 1.29 is 9.59 Å². The van der Waals surface area contributed by atoms with E-state index in [0.29, 0.717) is 43.6 Å². The molecule has 1 aliphatic heterocycles. The SMILES string of the molecule is CC(C)(C)NC(=O)CN1CCN(C(=O)CSc2nnnn2C(C)(C)C)CC1. The molecule has 0 saturated carbocycles. The molecule has 27 heavy (non-hydrogen) atoms. The molecular formula is C17H31N7O2S. The van der Waals surface area contributed by atoms with Crippen molar-refractivity contribution >= 4 is 23.6 Å². The highest BCUT2D eigenvalue weighted by Gasteiger charge is 2.25. The van der Waals surface area contributed by atoms with Gasteiger partial charge in [-0.05, 0) is 52.0 Å². The molecule has 152 valence electrons. The van der Waals surface area contributed by atoms with Crippen LogP contribution in [0.5, 0.6) is 0 Å². The van der Waals surface area contributed by atoms with E-state index in [1.54, 1.807) is 4.68 Å². The molecule has 0 atom stereocenters. The van der Waals surface area contributed by atoms with Gasteiger partial charge in [0.1, 0.15) is 0 Å². The topological polar surface area (TPSA) is 96.2 Å². The average Bonchev–Trinajstić information content (AvgIpc) is 3.00. The van der Waals surface area contributed by atoms with E-state index in [2.05, 4.69) is 25.7 Å². The van der Waals surface area contributed by atoms with Crippen LogP contribution in [0.25, 0.3) is 0 Å². The zero-order valence-corrected chi connectivity index (χ0v) is 18.0. The van der Waals surface area contributed by atoms with Crippen molar-refractivity contribution in [3.05, 3.63) is 0 Å². The summed E-state index contributed by atoms with van der Waals surface area (Å²) in [6, 6.07) is 0. The maximum atomic E-state index is 12.5. The largest absolute Gasteiger partial charge is 0.350 e. The quantitative estimate of drug-likeness (QED) is 0.726. The van der Waals surface area contributed by atoms with Crippen LogP contribution in [0.2, 0.25) is 0 Å². The molecule has 1 aliphatic rings. The van der Waals surface area contributed by atoms with Crippen LogP contribution in [-0.4, -0.2) is 85.8 Å². The van der Waals surface area contributed by atoms with E-state index in [-0.39, 0.29) is 22.9 Å². The third-order valence-electron chi connectivity index (χ3n) is 4.01. The molecular weight excluding hydrogens is 366 g/mol.